The molecule has 1 saturated heterocycles. The van der Waals surface area contributed by atoms with Crippen LogP contribution in [0.5, 0.6) is 0 Å². The van der Waals surface area contributed by atoms with Crippen LogP contribution in [0.4, 0.5) is 11.8 Å². The number of nitrogen functional groups attached to an aromatic ring is 1. The Kier molecular flexibility index (Phi) is 2.95. The molecule has 88 valence electrons. The summed E-state index contributed by atoms with van der Waals surface area (Å²) in [4.78, 5) is 8.03. The standard InChI is InChI=1S/C9H14N4O2S/c10-8-1-4-11-9(13-8)12-7-2-5-16(14,15)6-3-7/h1,4,7H,2-3,5-6H2,(H3,10,11,12,13). The third-order valence-corrected chi connectivity index (χ3v) is 4.28. The molecule has 2 heterocycles. The van der Waals surface area contributed by atoms with Crippen molar-refractivity contribution in [3.05, 3.63) is 12.3 Å². The number of hydrogen-bond acceptors (Lipinski definition) is 6. The average Bonchev–Trinajstić information content (AvgIpc) is 2.21. The molecule has 1 aliphatic heterocycles. The van der Waals surface area contributed by atoms with Crippen molar-refractivity contribution in [3.63, 3.8) is 0 Å². The molecule has 3 N–H and O–H groups in total. The number of nitrogens with two attached hydrogens (primary N) is 1. The molecular formula is C9H14N4O2S. The summed E-state index contributed by atoms with van der Waals surface area (Å²) in [5, 5.41) is 3.09. The quantitative estimate of drug-likeness (QED) is 0.760. The minimum Gasteiger partial charge on any atom is -0.384 e. The minimum absolute atomic E-state index is 0.116. The summed E-state index contributed by atoms with van der Waals surface area (Å²) in [5.74, 6) is 1.32. The molecule has 6 nitrogen and oxygen atoms in total. The smallest absolute Gasteiger partial charge is 0.224 e. The SMILES string of the molecule is Nc1ccnc(NC2CCS(=O)(=O)CC2)n1. The van der Waals surface area contributed by atoms with Crippen LogP contribution >= 0.6 is 0 Å². The predicted octanol–water partition coefficient (Wildman–Crippen LogP) is 0.0479. The highest BCUT2D eigenvalue weighted by Gasteiger charge is 2.23. The van der Waals surface area contributed by atoms with E-state index in [1.807, 2.05) is 0 Å². The van der Waals surface area contributed by atoms with Gasteiger partial charge in [-0.05, 0) is 18.9 Å². The summed E-state index contributed by atoms with van der Waals surface area (Å²) in [6.07, 6.45) is 2.77. The molecule has 0 atom stereocenters. The first-order valence-corrected chi connectivity index (χ1v) is 6.93. The number of nitrogens with one attached hydrogen (secondary N) is 1. The molecular weight excluding hydrogens is 228 g/mol. The molecule has 1 aromatic rings. The normalized spacial score (nSPS) is 20.5. The Bertz CT molecular complexity index is 460. The number of nitrogens with zero attached hydrogens (tertiary/aromatic N) is 2. The highest BCUT2D eigenvalue weighted by Crippen LogP contribution is 2.15. The van der Waals surface area contributed by atoms with Crippen molar-refractivity contribution in [1.29, 1.82) is 0 Å². The largest absolute Gasteiger partial charge is 0.384 e. The van der Waals surface area contributed by atoms with Crippen LogP contribution in [0.1, 0.15) is 12.8 Å². The third kappa shape index (κ3) is 2.82. The first kappa shape index (κ1) is 11.1. The Labute approximate surface area is 94.2 Å². The lowest BCUT2D eigenvalue weighted by atomic mass is 10.2. The van der Waals surface area contributed by atoms with E-state index in [1.165, 1.54) is 0 Å². The number of sulfone groups is 1. The van der Waals surface area contributed by atoms with E-state index in [2.05, 4.69) is 15.3 Å². The van der Waals surface area contributed by atoms with E-state index in [-0.39, 0.29) is 17.5 Å². The molecule has 0 amide bonds. The van der Waals surface area contributed by atoms with Gasteiger partial charge in [0.05, 0.1) is 11.5 Å². The van der Waals surface area contributed by atoms with Gasteiger partial charge in [0.1, 0.15) is 15.7 Å². The van der Waals surface area contributed by atoms with Crippen LogP contribution in [0.25, 0.3) is 0 Å². The summed E-state index contributed by atoms with van der Waals surface area (Å²) >= 11 is 0. The Morgan fingerprint density at radius 2 is 2.06 bits per heavy atom. The van der Waals surface area contributed by atoms with Gasteiger partial charge in [-0.2, -0.15) is 4.98 Å². The maximum absolute atomic E-state index is 11.2. The average molecular weight is 242 g/mol. The topological polar surface area (TPSA) is 98.0 Å². The van der Waals surface area contributed by atoms with Gasteiger partial charge in [-0.15, -0.1) is 0 Å². The van der Waals surface area contributed by atoms with Gasteiger partial charge in [0.15, 0.2) is 0 Å². The highest BCUT2D eigenvalue weighted by atomic mass is 32.2. The first-order valence-electron chi connectivity index (χ1n) is 5.11. The van der Waals surface area contributed by atoms with Gasteiger partial charge >= 0.3 is 0 Å². The Hall–Kier alpha value is -1.37. The van der Waals surface area contributed by atoms with E-state index in [0.29, 0.717) is 24.6 Å². The van der Waals surface area contributed by atoms with Crippen molar-refractivity contribution in [2.45, 2.75) is 18.9 Å². The lowest BCUT2D eigenvalue weighted by molar-refractivity contribution is 0.558. The number of aromatic nitrogens is 2. The van der Waals surface area contributed by atoms with Gasteiger partial charge < -0.3 is 11.1 Å². The van der Waals surface area contributed by atoms with Crippen molar-refractivity contribution in [3.8, 4) is 0 Å². The van der Waals surface area contributed by atoms with Crippen LogP contribution in [-0.4, -0.2) is 35.9 Å². The summed E-state index contributed by atoms with van der Waals surface area (Å²) in [7, 11) is -2.82. The molecule has 16 heavy (non-hydrogen) atoms. The molecule has 0 radical (unpaired) electrons. The van der Waals surface area contributed by atoms with Crippen molar-refractivity contribution in [1.82, 2.24) is 9.97 Å². The van der Waals surface area contributed by atoms with Crippen molar-refractivity contribution >= 4 is 21.6 Å². The predicted molar refractivity (Wildman–Crippen MR) is 61.7 cm³/mol. The van der Waals surface area contributed by atoms with Gasteiger partial charge in [-0.25, -0.2) is 13.4 Å². The summed E-state index contributed by atoms with van der Waals surface area (Å²) in [5.41, 5.74) is 5.52. The maximum atomic E-state index is 11.2. The summed E-state index contributed by atoms with van der Waals surface area (Å²) in [6.45, 7) is 0. The van der Waals surface area contributed by atoms with E-state index in [0.717, 1.165) is 0 Å². The summed E-state index contributed by atoms with van der Waals surface area (Å²) in [6, 6.07) is 1.72. The Morgan fingerprint density at radius 1 is 1.38 bits per heavy atom. The second kappa shape index (κ2) is 4.25. The van der Waals surface area contributed by atoms with Crippen LogP contribution in [0, 0.1) is 0 Å². The lowest BCUT2D eigenvalue weighted by Gasteiger charge is -2.22. The molecule has 0 aromatic carbocycles. The molecule has 2 rings (SSSR count). The van der Waals surface area contributed by atoms with E-state index in [4.69, 9.17) is 5.73 Å². The number of hydrogen-bond donors (Lipinski definition) is 2. The van der Waals surface area contributed by atoms with Crippen LogP contribution < -0.4 is 11.1 Å². The Balaban J connectivity index is 1.97. The molecule has 7 heteroatoms. The van der Waals surface area contributed by atoms with Crippen molar-refractivity contribution in [2.24, 2.45) is 0 Å². The fraction of sp³-hybridized carbons (Fsp3) is 0.556. The van der Waals surface area contributed by atoms with Gasteiger partial charge in [0.25, 0.3) is 0 Å². The van der Waals surface area contributed by atoms with Crippen LogP contribution in [0.3, 0.4) is 0 Å². The molecule has 1 aromatic heterocycles. The summed E-state index contributed by atoms with van der Waals surface area (Å²) < 4.78 is 22.4. The molecule has 0 saturated carbocycles. The minimum atomic E-state index is -2.82. The van der Waals surface area contributed by atoms with Gasteiger partial charge in [0, 0.05) is 12.2 Å². The molecule has 1 aliphatic rings. The lowest BCUT2D eigenvalue weighted by Crippen LogP contribution is -2.32. The molecule has 0 unspecified atom stereocenters. The van der Waals surface area contributed by atoms with Crippen molar-refractivity contribution < 1.29 is 8.42 Å². The van der Waals surface area contributed by atoms with E-state index < -0.39 is 9.84 Å². The van der Waals surface area contributed by atoms with Gasteiger partial charge in [0.2, 0.25) is 5.95 Å². The highest BCUT2D eigenvalue weighted by molar-refractivity contribution is 7.91. The molecule has 1 fully saturated rings. The number of anilines is 2. The van der Waals surface area contributed by atoms with Gasteiger partial charge in [-0.1, -0.05) is 0 Å². The maximum Gasteiger partial charge on any atom is 0.224 e. The zero-order chi connectivity index (χ0) is 11.6. The van der Waals surface area contributed by atoms with Gasteiger partial charge in [-0.3, -0.25) is 0 Å². The fourth-order valence-corrected chi connectivity index (χ4v) is 3.15. The monoisotopic (exact) mass is 242 g/mol. The second-order valence-electron chi connectivity index (χ2n) is 3.88. The second-order valence-corrected chi connectivity index (χ2v) is 6.18. The zero-order valence-electron chi connectivity index (χ0n) is 8.76. The molecule has 0 bridgehead atoms. The van der Waals surface area contributed by atoms with E-state index >= 15 is 0 Å². The zero-order valence-corrected chi connectivity index (χ0v) is 9.57. The third-order valence-electron chi connectivity index (χ3n) is 2.56. The van der Waals surface area contributed by atoms with Crippen LogP contribution in [0.2, 0.25) is 0 Å². The first-order chi connectivity index (χ1) is 7.55. The van der Waals surface area contributed by atoms with Crippen LogP contribution in [-0.2, 0) is 9.84 Å². The Morgan fingerprint density at radius 3 is 2.69 bits per heavy atom. The molecule has 0 spiro atoms. The molecule has 0 aliphatic carbocycles. The van der Waals surface area contributed by atoms with E-state index in [1.54, 1.807) is 12.3 Å². The van der Waals surface area contributed by atoms with Crippen molar-refractivity contribution in [2.75, 3.05) is 22.6 Å². The van der Waals surface area contributed by atoms with E-state index in [9.17, 15) is 8.42 Å². The van der Waals surface area contributed by atoms with Crippen LogP contribution in [0.15, 0.2) is 12.3 Å². The number of rotatable bonds is 2. The fourth-order valence-electron chi connectivity index (χ4n) is 1.66.